The van der Waals surface area contributed by atoms with Gasteiger partial charge in [-0.2, -0.15) is 5.10 Å². The summed E-state index contributed by atoms with van der Waals surface area (Å²) >= 11 is 1.58. The maximum atomic E-state index is 12.7. The topological polar surface area (TPSA) is 90.5 Å². The van der Waals surface area contributed by atoms with Crippen LogP contribution in [0.25, 0.3) is 16.3 Å². The van der Waals surface area contributed by atoms with E-state index in [0.717, 1.165) is 21.8 Å². The summed E-state index contributed by atoms with van der Waals surface area (Å²) in [6, 6.07) is 19.7. The van der Waals surface area contributed by atoms with Crippen molar-refractivity contribution in [1.82, 2.24) is 14.7 Å². The lowest BCUT2D eigenvalue weighted by atomic mass is 10.2. The number of carbonyl (C=O) groups is 1. The maximum absolute atomic E-state index is 12.7. The zero-order valence-corrected chi connectivity index (χ0v) is 18.1. The summed E-state index contributed by atoms with van der Waals surface area (Å²) in [5.41, 5.74) is 2.44. The van der Waals surface area contributed by atoms with Crippen molar-refractivity contribution in [1.29, 1.82) is 0 Å². The minimum atomic E-state index is -0.533. The molecule has 1 amide bonds. The van der Waals surface area contributed by atoms with E-state index in [4.69, 9.17) is 9.84 Å². The van der Waals surface area contributed by atoms with Gasteiger partial charge in [0.1, 0.15) is 5.69 Å². The molecular weight excluding hydrogens is 428 g/mol. The molecule has 0 aliphatic heterocycles. The maximum Gasteiger partial charge on any atom is 0.310 e. The second-order valence-electron chi connectivity index (χ2n) is 7.02. The van der Waals surface area contributed by atoms with Crippen molar-refractivity contribution in [3.8, 4) is 22.0 Å². The lowest BCUT2D eigenvalue weighted by molar-refractivity contribution is -0.385. The van der Waals surface area contributed by atoms with Crippen LogP contribution in [0.3, 0.4) is 0 Å². The molecule has 0 bridgehead atoms. The fourth-order valence-electron chi connectivity index (χ4n) is 3.18. The Bertz CT molecular complexity index is 1220. The SMILES string of the molecule is CN(Cc1cn(-c2ccccc2)nc1-c1cccs1)C(=O)COc1ccccc1[N+](=O)[O-]. The molecule has 0 spiro atoms. The monoisotopic (exact) mass is 448 g/mol. The van der Waals surface area contributed by atoms with Gasteiger partial charge in [-0.15, -0.1) is 11.3 Å². The van der Waals surface area contributed by atoms with E-state index in [9.17, 15) is 14.9 Å². The predicted molar refractivity (Wildman–Crippen MR) is 122 cm³/mol. The minimum Gasteiger partial charge on any atom is -0.477 e. The molecule has 0 atom stereocenters. The minimum absolute atomic E-state index is 0.0652. The molecule has 9 heteroatoms. The first-order chi connectivity index (χ1) is 15.5. The highest BCUT2D eigenvalue weighted by Crippen LogP contribution is 2.29. The molecule has 2 aromatic carbocycles. The van der Waals surface area contributed by atoms with Crippen molar-refractivity contribution in [2.75, 3.05) is 13.7 Å². The van der Waals surface area contributed by atoms with Crippen LogP contribution in [0.2, 0.25) is 0 Å². The standard InChI is InChI=1S/C23H20N4O4S/c1-25(22(28)16-31-20-11-6-5-10-19(20)27(29)30)14-17-15-26(18-8-3-2-4-9-18)24-23(17)21-12-7-13-32-21/h2-13,15H,14,16H2,1H3. The highest BCUT2D eigenvalue weighted by atomic mass is 32.1. The molecule has 0 saturated heterocycles. The van der Waals surface area contributed by atoms with Gasteiger partial charge in [0.15, 0.2) is 12.4 Å². The number of para-hydroxylation sites is 3. The van der Waals surface area contributed by atoms with Crippen LogP contribution in [0.15, 0.2) is 78.3 Å². The molecule has 0 fully saturated rings. The average Bonchev–Trinajstić information content (AvgIpc) is 3.48. The molecule has 0 saturated carbocycles. The Labute approximate surface area is 188 Å². The fraction of sp³-hybridized carbons (Fsp3) is 0.130. The van der Waals surface area contributed by atoms with E-state index >= 15 is 0 Å². The summed E-state index contributed by atoms with van der Waals surface area (Å²) in [6.45, 7) is 0.0155. The summed E-state index contributed by atoms with van der Waals surface area (Å²) < 4.78 is 7.24. The molecule has 8 nitrogen and oxygen atoms in total. The van der Waals surface area contributed by atoms with Gasteiger partial charge >= 0.3 is 5.69 Å². The number of aromatic nitrogens is 2. The molecule has 0 radical (unpaired) electrons. The number of nitro benzene ring substituents is 1. The smallest absolute Gasteiger partial charge is 0.310 e. The average molecular weight is 449 g/mol. The summed E-state index contributed by atoms with van der Waals surface area (Å²) in [6.07, 6.45) is 1.91. The summed E-state index contributed by atoms with van der Waals surface area (Å²) in [7, 11) is 1.67. The Morgan fingerprint density at radius 2 is 1.88 bits per heavy atom. The van der Waals surface area contributed by atoms with Crippen LogP contribution in [0.5, 0.6) is 5.75 Å². The van der Waals surface area contributed by atoms with Crippen molar-refractivity contribution in [2.24, 2.45) is 0 Å². The fourth-order valence-corrected chi connectivity index (χ4v) is 3.93. The van der Waals surface area contributed by atoms with Gasteiger partial charge in [-0.3, -0.25) is 14.9 Å². The quantitative estimate of drug-likeness (QED) is 0.291. The zero-order chi connectivity index (χ0) is 22.5. The number of nitro groups is 1. The van der Waals surface area contributed by atoms with Gasteiger partial charge in [0, 0.05) is 31.4 Å². The van der Waals surface area contributed by atoms with Gasteiger partial charge in [-0.25, -0.2) is 4.68 Å². The third-order valence-corrected chi connectivity index (χ3v) is 5.69. The first-order valence-electron chi connectivity index (χ1n) is 9.81. The molecule has 0 unspecified atom stereocenters. The van der Waals surface area contributed by atoms with Crippen LogP contribution >= 0.6 is 11.3 Å². The van der Waals surface area contributed by atoms with Gasteiger partial charge in [0.25, 0.3) is 5.91 Å². The number of carbonyl (C=O) groups excluding carboxylic acids is 1. The third-order valence-electron chi connectivity index (χ3n) is 4.81. The first-order valence-corrected chi connectivity index (χ1v) is 10.7. The molecule has 2 heterocycles. The number of thiophene rings is 1. The second-order valence-corrected chi connectivity index (χ2v) is 7.97. The molecule has 0 aliphatic carbocycles. The first kappa shape index (κ1) is 21.3. The third kappa shape index (κ3) is 4.68. The Morgan fingerprint density at radius 1 is 1.12 bits per heavy atom. The van der Waals surface area contributed by atoms with Gasteiger partial charge < -0.3 is 9.64 Å². The molecule has 4 rings (SSSR count). The molecule has 162 valence electrons. The zero-order valence-electron chi connectivity index (χ0n) is 17.2. The summed E-state index contributed by atoms with van der Waals surface area (Å²) in [4.78, 5) is 25.8. The highest BCUT2D eigenvalue weighted by molar-refractivity contribution is 7.13. The van der Waals surface area contributed by atoms with E-state index in [0.29, 0.717) is 6.54 Å². The number of likely N-dealkylation sites (N-methyl/N-ethyl adjacent to an activating group) is 1. The van der Waals surface area contributed by atoms with Crippen molar-refractivity contribution in [3.05, 3.63) is 94.0 Å². The van der Waals surface area contributed by atoms with Gasteiger partial charge in [-0.05, 0) is 29.6 Å². The molecule has 4 aromatic rings. The second kappa shape index (κ2) is 9.44. The van der Waals surface area contributed by atoms with Crippen LogP contribution in [-0.4, -0.2) is 39.2 Å². The molecule has 2 aromatic heterocycles. The van der Waals surface area contributed by atoms with Crippen molar-refractivity contribution in [3.63, 3.8) is 0 Å². The lowest BCUT2D eigenvalue weighted by Crippen LogP contribution is -2.31. The van der Waals surface area contributed by atoms with E-state index < -0.39 is 4.92 Å². The van der Waals surface area contributed by atoms with E-state index in [2.05, 4.69) is 0 Å². The Kier molecular flexibility index (Phi) is 6.27. The number of ether oxygens (including phenoxy) is 1. The van der Waals surface area contributed by atoms with E-state index in [1.54, 1.807) is 35.2 Å². The van der Waals surface area contributed by atoms with E-state index in [1.807, 2.05) is 54.0 Å². The Balaban J connectivity index is 1.51. The molecular formula is C23H20N4O4S. The summed E-state index contributed by atoms with van der Waals surface area (Å²) in [5.74, 6) is -0.233. The molecule has 32 heavy (non-hydrogen) atoms. The Morgan fingerprint density at radius 3 is 2.59 bits per heavy atom. The highest BCUT2D eigenvalue weighted by Gasteiger charge is 2.19. The number of hydrogen-bond acceptors (Lipinski definition) is 6. The van der Waals surface area contributed by atoms with Crippen LogP contribution in [0.4, 0.5) is 5.69 Å². The largest absolute Gasteiger partial charge is 0.477 e. The number of hydrogen-bond donors (Lipinski definition) is 0. The van der Waals surface area contributed by atoms with E-state index in [-0.39, 0.29) is 24.0 Å². The van der Waals surface area contributed by atoms with Gasteiger partial charge in [-0.1, -0.05) is 36.4 Å². The van der Waals surface area contributed by atoms with Crippen molar-refractivity contribution >= 4 is 22.9 Å². The van der Waals surface area contributed by atoms with Crippen LogP contribution in [0.1, 0.15) is 5.56 Å². The van der Waals surface area contributed by atoms with E-state index in [1.165, 1.54) is 17.0 Å². The number of benzene rings is 2. The predicted octanol–water partition coefficient (Wildman–Crippen LogP) is 4.55. The van der Waals surface area contributed by atoms with Crippen LogP contribution in [0, 0.1) is 10.1 Å². The van der Waals surface area contributed by atoms with Crippen LogP contribution < -0.4 is 4.74 Å². The van der Waals surface area contributed by atoms with Crippen molar-refractivity contribution < 1.29 is 14.5 Å². The van der Waals surface area contributed by atoms with Crippen LogP contribution in [-0.2, 0) is 11.3 Å². The van der Waals surface area contributed by atoms with Gasteiger partial charge in [0.2, 0.25) is 0 Å². The molecule has 0 N–H and O–H groups in total. The lowest BCUT2D eigenvalue weighted by Gasteiger charge is -2.17. The summed E-state index contributed by atoms with van der Waals surface area (Å²) in [5, 5.41) is 17.9. The molecule has 0 aliphatic rings. The van der Waals surface area contributed by atoms with Gasteiger partial charge in [0.05, 0.1) is 15.5 Å². The normalized spacial score (nSPS) is 10.7. The number of amides is 1. The Hall–Kier alpha value is -3.98. The number of rotatable bonds is 8. The number of nitrogens with zero attached hydrogens (tertiary/aromatic N) is 4. The van der Waals surface area contributed by atoms with Crippen molar-refractivity contribution in [2.45, 2.75) is 6.54 Å².